The summed E-state index contributed by atoms with van der Waals surface area (Å²) < 4.78 is 0. The van der Waals surface area contributed by atoms with Crippen molar-refractivity contribution in [2.45, 2.75) is 32.4 Å². The van der Waals surface area contributed by atoms with Crippen molar-refractivity contribution in [3.05, 3.63) is 71.3 Å². The lowest BCUT2D eigenvalue weighted by molar-refractivity contribution is 0.0663. The van der Waals surface area contributed by atoms with Crippen LogP contribution in [0.25, 0.3) is 0 Å². The molecule has 0 aliphatic carbocycles. The summed E-state index contributed by atoms with van der Waals surface area (Å²) in [4.78, 5) is 31.4. The van der Waals surface area contributed by atoms with Crippen molar-refractivity contribution in [1.29, 1.82) is 0 Å². The summed E-state index contributed by atoms with van der Waals surface area (Å²) in [6.07, 6.45) is 1.70. The molecule has 5 nitrogen and oxygen atoms in total. The van der Waals surface area contributed by atoms with Gasteiger partial charge in [0.2, 0.25) is 0 Å². The fourth-order valence-corrected chi connectivity index (χ4v) is 4.15. The van der Waals surface area contributed by atoms with E-state index in [1.165, 1.54) is 0 Å². The van der Waals surface area contributed by atoms with Gasteiger partial charge in [0.15, 0.2) is 0 Å². The van der Waals surface area contributed by atoms with Crippen LogP contribution in [0.15, 0.2) is 54.6 Å². The molecule has 5 heteroatoms. The first-order valence-corrected chi connectivity index (χ1v) is 10.1. The monoisotopic (exact) mass is 377 g/mol. The molecule has 0 unspecified atom stereocenters. The summed E-state index contributed by atoms with van der Waals surface area (Å²) in [6.45, 7) is 5.66. The summed E-state index contributed by atoms with van der Waals surface area (Å²) >= 11 is 0. The molecule has 4 rings (SSSR count). The highest BCUT2D eigenvalue weighted by Crippen LogP contribution is 2.23. The number of rotatable bonds is 4. The van der Waals surface area contributed by atoms with Gasteiger partial charge in [-0.05, 0) is 37.5 Å². The number of carbonyl (C=O) groups is 2. The van der Waals surface area contributed by atoms with Crippen LogP contribution in [-0.2, 0) is 6.54 Å². The number of benzene rings is 2. The van der Waals surface area contributed by atoms with Gasteiger partial charge in [0.25, 0.3) is 5.91 Å². The van der Waals surface area contributed by atoms with E-state index in [9.17, 15) is 9.59 Å². The van der Waals surface area contributed by atoms with Gasteiger partial charge in [0, 0.05) is 44.3 Å². The van der Waals surface area contributed by atoms with Gasteiger partial charge in [-0.1, -0.05) is 48.0 Å². The average molecular weight is 377 g/mol. The molecule has 0 N–H and O–H groups in total. The van der Waals surface area contributed by atoms with Crippen molar-refractivity contribution < 1.29 is 9.59 Å². The molecule has 0 saturated carbocycles. The Kier molecular flexibility index (Phi) is 5.33. The first kappa shape index (κ1) is 18.5. The van der Waals surface area contributed by atoms with E-state index in [0.29, 0.717) is 19.6 Å². The number of hydrogen-bond donors (Lipinski definition) is 0. The van der Waals surface area contributed by atoms with E-state index in [4.69, 9.17) is 0 Å². The number of piperidine rings is 1. The lowest BCUT2D eigenvalue weighted by atomic mass is 10.0. The Morgan fingerprint density at radius 1 is 0.929 bits per heavy atom. The SMILES string of the molecule is Cc1ccc(C(=O)N2CCC(N3CCN(Cc4ccccc4)C3=O)CC2)cc1. The third-order valence-electron chi connectivity index (χ3n) is 5.83. The van der Waals surface area contributed by atoms with Gasteiger partial charge >= 0.3 is 6.03 Å². The van der Waals surface area contributed by atoms with Gasteiger partial charge in [-0.3, -0.25) is 4.79 Å². The molecule has 0 aromatic heterocycles. The van der Waals surface area contributed by atoms with Crippen LogP contribution >= 0.6 is 0 Å². The molecule has 2 fully saturated rings. The second kappa shape index (κ2) is 8.05. The molecule has 2 saturated heterocycles. The molecule has 0 radical (unpaired) electrons. The first-order valence-electron chi connectivity index (χ1n) is 10.1. The van der Waals surface area contributed by atoms with Gasteiger partial charge in [0.05, 0.1) is 0 Å². The van der Waals surface area contributed by atoms with Crippen molar-refractivity contribution in [3.8, 4) is 0 Å². The lowest BCUT2D eigenvalue weighted by Crippen LogP contribution is -2.48. The van der Waals surface area contributed by atoms with E-state index in [1.54, 1.807) is 0 Å². The molecular weight excluding hydrogens is 350 g/mol. The number of likely N-dealkylation sites (tertiary alicyclic amines) is 1. The minimum Gasteiger partial charge on any atom is -0.338 e. The van der Waals surface area contributed by atoms with Gasteiger partial charge in [0.1, 0.15) is 0 Å². The van der Waals surface area contributed by atoms with E-state index >= 15 is 0 Å². The highest BCUT2D eigenvalue weighted by molar-refractivity contribution is 5.94. The minimum atomic E-state index is 0.0944. The van der Waals surface area contributed by atoms with Crippen LogP contribution in [-0.4, -0.2) is 58.9 Å². The molecule has 0 atom stereocenters. The van der Waals surface area contributed by atoms with Crippen molar-refractivity contribution in [2.75, 3.05) is 26.2 Å². The maximum atomic E-state index is 12.8. The van der Waals surface area contributed by atoms with E-state index < -0.39 is 0 Å². The van der Waals surface area contributed by atoms with Crippen LogP contribution in [0.5, 0.6) is 0 Å². The van der Waals surface area contributed by atoms with Crippen molar-refractivity contribution >= 4 is 11.9 Å². The number of nitrogens with zero attached hydrogens (tertiary/aromatic N) is 3. The first-order chi connectivity index (χ1) is 13.6. The lowest BCUT2D eigenvalue weighted by Gasteiger charge is -2.36. The Bertz CT molecular complexity index is 827. The van der Waals surface area contributed by atoms with Gasteiger partial charge in [-0.15, -0.1) is 0 Å². The average Bonchev–Trinajstić information content (AvgIpc) is 3.09. The molecule has 2 heterocycles. The number of hydrogen-bond acceptors (Lipinski definition) is 2. The minimum absolute atomic E-state index is 0.0944. The largest absolute Gasteiger partial charge is 0.338 e. The molecular formula is C23H27N3O2. The van der Waals surface area contributed by atoms with E-state index in [1.807, 2.05) is 64.1 Å². The molecule has 3 amide bonds. The molecule has 146 valence electrons. The molecule has 2 aromatic rings. The van der Waals surface area contributed by atoms with Gasteiger partial charge in [-0.25, -0.2) is 4.79 Å². The van der Waals surface area contributed by atoms with Crippen LogP contribution < -0.4 is 0 Å². The van der Waals surface area contributed by atoms with Crippen molar-refractivity contribution in [3.63, 3.8) is 0 Å². The normalized spacial score (nSPS) is 18.0. The number of amides is 3. The predicted molar refractivity (Wildman–Crippen MR) is 109 cm³/mol. The summed E-state index contributed by atoms with van der Waals surface area (Å²) in [5.74, 6) is 0.0944. The smallest absolute Gasteiger partial charge is 0.320 e. The van der Waals surface area contributed by atoms with Crippen molar-refractivity contribution in [2.24, 2.45) is 0 Å². The molecule has 28 heavy (non-hydrogen) atoms. The van der Waals surface area contributed by atoms with E-state index in [2.05, 4.69) is 12.1 Å². The Morgan fingerprint density at radius 2 is 1.61 bits per heavy atom. The second-order valence-corrected chi connectivity index (χ2v) is 7.77. The quantitative estimate of drug-likeness (QED) is 0.818. The van der Waals surface area contributed by atoms with Gasteiger partial charge in [-0.2, -0.15) is 0 Å². The molecule has 2 aromatic carbocycles. The Balaban J connectivity index is 1.32. The molecule has 2 aliphatic heterocycles. The standard InChI is InChI=1S/C23H27N3O2/c1-18-7-9-20(10-8-18)22(27)24-13-11-21(12-14-24)26-16-15-25(23(26)28)17-19-5-3-2-4-6-19/h2-10,21H,11-17H2,1H3. The molecule has 0 spiro atoms. The topological polar surface area (TPSA) is 43.9 Å². The predicted octanol–water partition coefficient (Wildman–Crippen LogP) is 3.54. The Morgan fingerprint density at radius 3 is 2.29 bits per heavy atom. The van der Waals surface area contributed by atoms with Crippen LogP contribution in [0.2, 0.25) is 0 Å². The molecule has 0 bridgehead atoms. The van der Waals surface area contributed by atoms with Gasteiger partial charge < -0.3 is 14.7 Å². The summed E-state index contributed by atoms with van der Waals surface area (Å²) in [6, 6.07) is 18.2. The van der Waals surface area contributed by atoms with E-state index in [0.717, 1.165) is 42.6 Å². The zero-order chi connectivity index (χ0) is 19.5. The fraction of sp³-hybridized carbons (Fsp3) is 0.391. The maximum Gasteiger partial charge on any atom is 0.320 e. The Hall–Kier alpha value is -2.82. The van der Waals surface area contributed by atoms with Crippen molar-refractivity contribution in [1.82, 2.24) is 14.7 Å². The summed E-state index contributed by atoms with van der Waals surface area (Å²) in [7, 11) is 0. The second-order valence-electron chi connectivity index (χ2n) is 7.77. The van der Waals surface area contributed by atoms with Crippen LogP contribution in [0.4, 0.5) is 4.79 Å². The van der Waals surface area contributed by atoms with E-state index in [-0.39, 0.29) is 18.0 Å². The fourth-order valence-electron chi connectivity index (χ4n) is 4.15. The maximum absolute atomic E-state index is 12.8. The van der Waals surface area contributed by atoms with Crippen LogP contribution in [0, 0.1) is 6.92 Å². The van der Waals surface area contributed by atoms with Crippen LogP contribution in [0.1, 0.15) is 34.3 Å². The number of urea groups is 1. The number of carbonyl (C=O) groups excluding carboxylic acids is 2. The zero-order valence-electron chi connectivity index (χ0n) is 16.4. The number of aryl methyl sites for hydroxylation is 1. The summed E-state index contributed by atoms with van der Waals surface area (Å²) in [5.41, 5.74) is 3.06. The third kappa shape index (κ3) is 3.88. The zero-order valence-corrected chi connectivity index (χ0v) is 16.4. The Labute approximate surface area is 166 Å². The third-order valence-corrected chi connectivity index (χ3v) is 5.83. The highest BCUT2D eigenvalue weighted by Gasteiger charge is 2.36. The molecule has 2 aliphatic rings. The van der Waals surface area contributed by atoms with Crippen LogP contribution in [0.3, 0.4) is 0 Å². The highest BCUT2D eigenvalue weighted by atomic mass is 16.2. The summed E-state index contributed by atoms with van der Waals surface area (Å²) in [5, 5.41) is 0.